The molecule has 1 fully saturated rings. The Balaban J connectivity index is 1.82. The number of carbonyl (C=O) groups is 2. The third kappa shape index (κ3) is 4.90. The Bertz CT molecular complexity index is 908. The van der Waals surface area contributed by atoms with Gasteiger partial charge in [-0.15, -0.1) is 0 Å². The van der Waals surface area contributed by atoms with Gasteiger partial charge in [-0.1, -0.05) is 19.1 Å². The van der Waals surface area contributed by atoms with Crippen LogP contribution in [0, 0.1) is 5.82 Å². The molecule has 1 N–H and O–H groups in total. The van der Waals surface area contributed by atoms with Gasteiger partial charge in [0.15, 0.2) is 11.5 Å². The van der Waals surface area contributed by atoms with Gasteiger partial charge in [-0.2, -0.15) is 0 Å². The third-order valence-corrected chi connectivity index (χ3v) is 5.35. The number of amides is 2. The number of rotatable bonds is 7. The number of benzene rings is 2. The Hall–Kier alpha value is -3.09. The van der Waals surface area contributed by atoms with E-state index in [4.69, 9.17) is 9.47 Å². The van der Waals surface area contributed by atoms with Crippen LogP contribution in [-0.2, 0) is 4.79 Å². The van der Waals surface area contributed by atoms with E-state index in [0.717, 1.165) is 18.4 Å². The van der Waals surface area contributed by atoms with Crippen molar-refractivity contribution >= 4 is 17.5 Å². The molecule has 0 aliphatic carbocycles. The molecule has 30 heavy (non-hydrogen) atoms. The predicted octanol–water partition coefficient (Wildman–Crippen LogP) is 4.21. The van der Waals surface area contributed by atoms with Crippen molar-refractivity contribution in [2.24, 2.45) is 0 Å². The van der Waals surface area contributed by atoms with E-state index in [0.29, 0.717) is 35.8 Å². The van der Waals surface area contributed by atoms with Crippen molar-refractivity contribution in [2.75, 3.05) is 32.6 Å². The number of anilines is 1. The number of nitrogens with one attached hydrogen (secondary N) is 1. The van der Waals surface area contributed by atoms with E-state index in [9.17, 15) is 14.0 Å². The lowest BCUT2D eigenvalue weighted by atomic mass is 9.97. The lowest BCUT2D eigenvalue weighted by molar-refractivity contribution is -0.116. The molecular formula is C23H27FN2O4. The Labute approximate surface area is 176 Å². The van der Waals surface area contributed by atoms with E-state index in [-0.39, 0.29) is 30.0 Å². The van der Waals surface area contributed by atoms with Crippen LogP contribution in [0.25, 0.3) is 0 Å². The van der Waals surface area contributed by atoms with Gasteiger partial charge in [0.25, 0.3) is 5.91 Å². The molecule has 1 aliphatic rings. The molecule has 0 saturated carbocycles. The molecule has 1 unspecified atom stereocenters. The van der Waals surface area contributed by atoms with Crippen molar-refractivity contribution in [3.8, 4) is 11.5 Å². The van der Waals surface area contributed by atoms with Crippen LogP contribution in [-0.4, -0.2) is 44.0 Å². The molecule has 0 aromatic heterocycles. The highest BCUT2D eigenvalue weighted by Gasteiger charge is 2.25. The van der Waals surface area contributed by atoms with Crippen molar-refractivity contribution in [1.29, 1.82) is 0 Å². The predicted molar refractivity (Wildman–Crippen MR) is 113 cm³/mol. The summed E-state index contributed by atoms with van der Waals surface area (Å²) < 4.78 is 23.8. The van der Waals surface area contributed by atoms with Crippen LogP contribution in [0.1, 0.15) is 48.0 Å². The monoisotopic (exact) mass is 414 g/mol. The quantitative estimate of drug-likeness (QED) is 0.737. The van der Waals surface area contributed by atoms with Gasteiger partial charge in [-0.05, 0) is 42.5 Å². The average Bonchev–Trinajstić information content (AvgIpc) is 3.28. The average molecular weight is 414 g/mol. The molecule has 0 bridgehead atoms. The lowest BCUT2D eigenvalue weighted by Gasteiger charge is -2.20. The van der Waals surface area contributed by atoms with Crippen LogP contribution in [0.4, 0.5) is 10.1 Å². The highest BCUT2D eigenvalue weighted by Crippen LogP contribution is 2.35. The van der Waals surface area contributed by atoms with E-state index in [2.05, 4.69) is 5.32 Å². The highest BCUT2D eigenvalue weighted by atomic mass is 19.1. The first-order valence-corrected chi connectivity index (χ1v) is 10.0. The van der Waals surface area contributed by atoms with E-state index < -0.39 is 0 Å². The summed E-state index contributed by atoms with van der Waals surface area (Å²) in [5, 5.41) is 2.86. The van der Waals surface area contributed by atoms with Crippen LogP contribution >= 0.6 is 0 Å². The first-order valence-electron chi connectivity index (χ1n) is 10.0. The van der Waals surface area contributed by atoms with Gasteiger partial charge in [0.2, 0.25) is 5.91 Å². The van der Waals surface area contributed by atoms with Crippen molar-refractivity contribution in [1.82, 2.24) is 4.90 Å². The number of likely N-dealkylation sites (tertiary alicyclic amines) is 1. The molecule has 6 nitrogen and oxygen atoms in total. The van der Waals surface area contributed by atoms with E-state index >= 15 is 0 Å². The summed E-state index contributed by atoms with van der Waals surface area (Å²) in [5.41, 5.74) is 1.63. The highest BCUT2D eigenvalue weighted by molar-refractivity contribution is 6.04. The molecule has 3 rings (SSSR count). The van der Waals surface area contributed by atoms with Crippen molar-refractivity contribution in [3.63, 3.8) is 0 Å². The number of methoxy groups -OCH3 is 2. The first kappa shape index (κ1) is 21.6. The lowest BCUT2D eigenvalue weighted by Crippen LogP contribution is -2.29. The Kier molecular flexibility index (Phi) is 6.92. The second-order valence-electron chi connectivity index (χ2n) is 7.46. The number of nitrogens with zero attached hydrogens (tertiary/aromatic N) is 1. The summed E-state index contributed by atoms with van der Waals surface area (Å²) in [6.45, 7) is 3.29. The van der Waals surface area contributed by atoms with Gasteiger partial charge in [-0.3, -0.25) is 9.59 Å². The fraction of sp³-hybridized carbons (Fsp3) is 0.391. The molecule has 2 aromatic rings. The smallest absolute Gasteiger partial charge is 0.256 e. The Morgan fingerprint density at radius 3 is 2.27 bits per heavy atom. The van der Waals surface area contributed by atoms with Crippen LogP contribution in [0.15, 0.2) is 36.4 Å². The third-order valence-electron chi connectivity index (χ3n) is 5.35. The normalized spacial score (nSPS) is 14.3. The van der Waals surface area contributed by atoms with Gasteiger partial charge < -0.3 is 19.7 Å². The molecule has 1 aliphatic heterocycles. The van der Waals surface area contributed by atoms with Gasteiger partial charge >= 0.3 is 0 Å². The molecule has 7 heteroatoms. The van der Waals surface area contributed by atoms with Gasteiger partial charge in [0.1, 0.15) is 5.82 Å². The maximum absolute atomic E-state index is 13.1. The first-order chi connectivity index (χ1) is 14.4. The van der Waals surface area contributed by atoms with Crippen molar-refractivity contribution < 1.29 is 23.5 Å². The molecule has 1 heterocycles. The van der Waals surface area contributed by atoms with Crippen molar-refractivity contribution in [3.05, 3.63) is 53.3 Å². The summed E-state index contributed by atoms with van der Waals surface area (Å²) in [7, 11) is 3.01. The summed E-state index contributed by atoms with van der Waals surface area (Å²) in [5.74, 6) is 0.0502. The van der Waals surface area contributed by atoms with Crippen LogP contribution < -0.4 is 14.8 Å². The minimum atomic E-state index is -0.314. The number of ether oxygens (including phenoxy) is 2. The maximum atomic E-state index is 13.1. The molecule has 1 atom stereocenters. The summed E-state index contributed by atoms with van der Waals surface area (Å²) in [6, 6.07) is 9.33. The zero-order valence-electron chi connectivity index (χ0n) is 17.5. The van der Waals surface area contributed by atoms with E-state index in [1.165, 1.54) is 26.4 Å². The number of carbonyl (C=O) groups excluding carboxylic acids is 2. The Morgan fingerprint density at radius 2 is 1.67 bits per heavy atom. The second kappa shape index (κ2) is 9.61. The molecule has 1 saturated heterocycles. The van der Waals surface area contributed by atoms with Crippen LogP contribution in [0.3, 0.4) is 0 Å². The minimum absolute atomic E-state index is 0.108. The molecule has 160 valence electrons. The number of hydrogen-bond donors (Lipinski definition) is 1. The standard InChI is InChI=1S/C23H27FN2O4/c1-15(16-6-8-17(24)9-7-16)12-22(27)25-19-14-21(30-3)20(29-2)13-18(19)23(28)26-10-4-5-11-26/h6-9,13-15H,4-5,10-12H2,1-3H3,(H,25,27). The summed E-state index contributed by atoms with van der Waals surface area (Å²) >= 11 is 0. The van der Waals surface area contributed by atoms with Crippen LogP contribution in [0.2, 0.25) is 0 Å². The molecular weight excluding hydrogens is 387 g/mol. The van der Waals surface area contributed by atoms with Gasteiger partial charge in [-0.25, -0.2) is 4.39 Å². The SMILES string of the molecule is COc1cc(NC(=O)CC(C)c2ccc(F)cc2)c(C(=O)N2CCCC2)cc1OC. The summed E-state index contributed by atoms with van der Waals surface area (Å²) in [6.07, 6.45) is 2.13. The topological polar surface area (TPSA) is 67.9 Å². The fourth-order valence-electron chi connectivity index (χ4n) is 3.64. The van der Waals surface area contributed by atoms with E-state index in [1.54, 1.807) is 29.2 Å². The number of halogens is 1. The molecule has 0 spiro atoms. The van der Waals surface area contributed by atoms with Crippen molar-refractivity contribution in [2.45, 2.75) is 32.1 Å². The number of hydrogen-bond acceptors (Lipinski definition) is 4. The molecule has 2 aromatic carbocycles. The molecule has 0 radical (unpaired) electrons. The largest absolute Gasteiger partial charge is 0.493 e. The van der Waals surface area contributed by atoms with E-state index in [1.807, 2.05) is 6.92 Å². The second-order valence-corrected chi connectivity index (χ2v) is 7.46. The fourth-order valence-corrected chi connectivity index (χ4v) is 3.64. The molecule has 2 amide bonds. The van der Waals surface area contributed by atoms with Crippen LogP contribution in [0.5, 0.6) is 11.5 Å². The van der Waals surface area contributed by atoms with Gasteiger partial charge in [0, 0.05) is 25.6 Å². The van der Waals surface area contributed by atoms with Gasteiger partial charge in [0.05, 0.1) is 25.5 Å². The maximum Gasteiger partial charge on any atom is 0.256 e. The Morgan fingerprint density at radius 1 is 1.07 bits per heavy atom. The minimum Gasteiger partial charge on any atom is -0.493 e. The zero-order valence-corrected chi connectivity index (χ0v) is 17.5. The zero-order chi connectivity index (χ0) is 21.7. The summed E-state index contributed by atoms with van der Waals surface area (Å²) in [4.78, 5) is 27.5.